The first-order valence-electron chi connectivity index (χ1n) is 13.1. The fourth-order valence-corrected chi connectivity index (χ4v) is 4.43. The molecular formula is C29H39N3O5. The van der Waals surface area contributed by atoms with Gasteiger partial charge in [-0.05, 0) is 37.3 Å². The molecule has 0 spiro atoms. The normalized spacial score (nSPS) is 14.1. The topological polar surface area (TPSA) is 88.2 Å². The molecule has 2 aromatic rings. The fourth-order valence-electron chi connectivity index (χ4n) is 4.43. The maximum Gasteiger partial charge on any atom is 0.411 e. The van der Waals surface area contributed by atoms with Crippen LogP contribution in [0.4, 0.5) is 10.5 Å². The molecule has 1 heterocycles. The standard InChI is InChI=1S/C29H39N3O5/c1-31(27(33)15-7-4-8-16-28(34)36-2)21-22-32-19-17-24(18-20-32)37-29(35)30-26-14-10-9-13-25(26)23-11-5-3-6-12-23/h3,5-6,9-14,24H,4,7-8,15-22H2,1-2H3,(H,30,35). The number of amides is 2. The Labute approximate surface area is 219 Å². The van der Waals surface area contributed by atoms with Gasteiger partial charge in [0, 0.05) is 51.6 Å². The largest absolute Gasteiger partial charge is 0.469 e. The zero-order valence-electron chi connectivity index (χ0n) is 22.0. The van der Waals surface area contributed by atoms with Gasteiger partial charge in [0.25, 0.3) is 0 Å². The zero-order valence-corrected chi connectivity index (χ0v) is 22.0. The van der Waals surface area contributed by atoms with Crippen molar-refractivity contribution >= 4 is 23.7 Å². The highest BCUT2D eigenvalue weighted by molar-refractivity contribution is 5.91. The summed E-state index contributed by atoms with van der Waals surface area (Å²) in [5.41, 5.74) is 2.72. The highest BCUT2D eigenvalue weighted by Crippen LogP contribution is 2.28. The van der Waals surface area contributed by atoms with E-state index < -0.39 is 6.09 Å². The van der Waals surface area contributed by atoms with E-state index in [-0.39, 0.29) is 18.0 Å². The predicted molar refractivity (Wildman–Crippen MR) is 144 cm³/mol. The summed E-state index contributed by atoms with van der Waals surface area (Å²) in [5.74, 6) is -0.0737. The van der Waals surface area contributed by atoms with Gasteiger partial charge in [0.15, 0.2) is 0 Å². The van der Waals surface area contributed by atoms with E-state index in [9.17, 15) is 14.4 Å². The molecule has 0 unspecified atom stereocenters. The van der Waals surface area contributed by atoms with Crippen LogP contribution in [0.1, 0.15) is 44.9 Å². The SMILES string of the molecule is COC(=O)CCCCCC(=O)N(C)CCN1CCC(OC(=O)Nc2ccccc2-c2ccccc2)CC1. The molecule has 37 heavy (non-hydrogen) atoms. The molecule has 0 aliphatic carbocycles. The first-order valence-corrected chi connectivity index (χ1v) is 13.1. The van der Waals surface area contributed by atoms with Gasteiger partial charge in [0.05, 0.1) is 12.8 Å². The van der Waals surface area contributed by atoms with Crippen LogP contribution in [-0.4, -0.2) is 74.2 Å². The van der Waals surface area contributed by atoms with Gasteiger partial charge in [-0.15, -0.1) is 0 Å². The number of carbonyl (C=O) groups is 3. The number of rotatable bonds is 12. The second-order valence-corrected chi connectivity index (χ2v) is 9.44. The third-order valence-electron chi connectivity index (χ3n) is 6.73. The van der Waals surface area contributed by atoms with Crippen LogP contribution in [0.2, 0.25) is 0 Å². The Kier molecular flexibility index (Phi) is 11.4. The van der Waals surface area contributed by atoms with Crippen molar-refractivity contribution in [2.75, 3.05) is 45.7 Å². The van der Waals surface area contributed by atoms with E-state index in [1.54, 1.807) is 4.90 Å². The molecule has 0 aromatic heterocycles. The number of hydrogen-bond acceptors (Lipinski definition) is 6. The minimum absolute atomic E-state index is 0.121. The van der Waals surface area contributed by atoms with Gasteiger partial charge >= 0.3 is 12.1 Å². The highest BCUT2D eigenvalue weighted by Gasteiger charge is 2.23. The number of benzene rings is 2. The lowest BCUT2D eigenvalue weighted by molar-refractivity contribution is -0.140. The van der Waals surface area contributed by atoms with E-state index in [1.807, 2.05) is 61.6 Å². The summed E-state index contributed by atoms with van der Waals surface area (Å²) in [6.07, 6.45) is 4.26. The van der Waals surface area contributed by atoms with E-state index in [4.69, 9.17) is 4.74 Å². The number of nitrogens with one attached hydrogen (secondary N) is 1. The molecule has 1 N–H and O–H groups in total. The lowest BCUT2D eigenvalue weighted by atomic mass is 10.0. The molecule has 0 atom stereocenters. The molecule has 1 saturated heterocycles. The Morgan fingerprint density at radius 3 is 2.35 bits per heavy atom. The van der Waals surface area contributed by atoms with Gasteiger partial charge in [0.2, 0.25) is 5.91 Å². The second kappa shape index (κ2) is 15.0. The number of nitrogens with zero attached hydrogens (tertiary/aromatic N) is 2. The van der Waals surface area contributed by atoms with Crippen LogP contribution in [0, 0.1) is 0 Å². The molecule has 200 valence electrons. The number of ether oxygens (including phenoxy) is 2. The molecule has 3 rings (SSSR count). The van der Waals surface area contributed by atoms with Gasteiger partial charge in [-0.3, -0.25) is 14.9 Å². The Balaban J connectivity index is 1.33. The minimum atomic E-state index is -0.432. The number of para-hydroxylation sites is 1. The molecule has 0 saturated carbocycles. The summed E-state index contributed by atoms with van der Waals surface area (Å²) in [4.78, 5) is 40.2. The number of methoxy groups -OCH3 is 1. The number of hydrogen-bond donors (Lipinski definition) is 1. The molecule has 2 amide bonds. The van der Waals surface area contributed by atoms with Crippen molar-refractivity contribution in [3.63, 3.8) is 0 Å². The summed E-state index contributed by atoms with van der Waals surface area (Å²) in [5, 5.41) is 2.91. The average Bonchev–Trinajstić information content (AvgIpc) is 2.92. The summed E-state index contributed by atoms with van der Waals surface area (Å²) in [7, 11) is 3.23. The van der Waals surface area contributed by atoms with E-state index >= 15 is 0 Å². The average molecular weight is 510 g/mol. The van der Waals surface area contributed by atoms with Gasteiger partial charge in [0.1, 0.15) is 6.10 Å². The van der Waals surface area contributed by atoms with Crippen LogP contribution in [0.25, 0.3) is 11.1 Å². The van der Waals surface area contributed by atoms with Crippen molar-refractivity contribution in [1.82, 2.24) is 9.80 Å². The van der Waals surface area contributed by atoms with E-state index in [1.165, 1.54) is 7.11 Å². The summed E-state index contributed by atoms with van der Waals surface area (Å²) in [6, 6.07) is 17.7. The van der Waals surface area contributed by atoms with Crippen molar-refractivity contribution in [2.45, 2.75) is 51.0 Å². The number of esters is 1. The van der Waals surface area contributed by atoms with E-state index in [0.717, 1.165) is 68.6 Å². The summed E-state index contributed by atoms with van der Waals surface area (Å²) in [6.45, 7) is 3.12. The van der Waals surface area contributed by atoms with Crippen LogP contribution in [0.15, 0.2) is 54.6 Å². The first kappa shape index (κ1) is 28.2. The van der Waals surface area contributed by atoms with Gasteiger partial charge in [-0.1, -0.05) is 55.0 Å². The van der Waals surface area contributed by atoms with Crippen molar-refractivity contribution in [1.29, 1.82) is 0 Å². The maximum absolute atomic E-state index is 12.6. The smallest absolute Gasteiger partial charge is 0.411 e. The van der Waals surface area contributed by atoms with Crippen LogP contribution in [0.5, 0.6) is 0 Å². The highest BCUT2D eigenvalue weighted by atomic mass is 16.6. The number of likely N-dealkylation sites (tertiary alicyclic amines) is 1. The van der Waals surface area contributed by atoms with E-state index in [0.29, 0.717) is 19.4 Å². The summed E-state index contributed by atoms with van der Waals surface area (Å²) < 4.78 is 10.3. The molecule has 1 aliphatic rings. The fraction of sp³-hybridized carbons (Fsp3) is 0.483. The van der Waals surface area contributed by atoms with Crippen LogP contribution in [-0.2, 0) is 19.1 Å². The monoisotopic (exact) mass is 509 g/mol. The predicted octanol–water partition coefficient (Wildman–Crippen LogP) is 4.95. The van der Waals surface area contributed by atoms with Crippen molar-refractivity contribution in [2.24, 2.45) is 0 Å². The van der Waals surface area contributed by atoms with Gasteiger partial charge < -0.3 is 19.3 Å². The van der Waals surface area contributed by atoms with Crippen molar-refractivity contribution in [3.05, 3.63) is 54.6 Å². The number of unbranched alkanes of at least 4 members (excludes halogenated alkanes) is 2. The van der Waals surface area contributed by atoms with Crippen LogP contribution >= 0.6 is 0 Å². The Morgan fingerprint density at radius 1 is 0.946 bits per heavy atom. The number of carbonyl (C=O) groups excluding carboxylic acids is 3. The molecule has 0 bridgehead atoms. The number of anilines is 1. The second-order valence-electron chi connectivity index (χ2n) is 9.44. The molecule has 0 radical (unpaired) electrons. The number of likely N-dealkylation sites (N-methyl/N-ethyl adjacent to an activating group) is 1. The Morgan fingerprint density at radius 2 is 1.62 bits per heavy atom. The van der Waals surface area contributed by atoms with Crippen molar-refractivity contribution < 1.29 is 23.9 Å². The lowest BCUT2D eigenvalue weighted by Gasteiger charge is -2.32. The third kappa shape index (κ3) is 9.53. The molecule has 8 heteroatoms. The molecular weight excluding hydrogens is 470 g/mol. The minimum Gasteiger partial charge on any atom is -0.469 e. The third-order valence-corrected chi connectivity index (χ3v) is 6.73. The van der Waals surface area contributed by atoms with Crippen molar-refractivity contribution in [3.8, 4) is 11.1 Å². The summed E-state index contributed by atoms with van der Waals surface area (Å²) >= 11 is 0. The van der Waals surface area contributed by atoms with E-state index in [2.05, 4.69) is 15.0 Å². The quantitative estimate of drug-likeness (QED) is 0.322. The van der Waals surface area contributed by atoms with Gasteiger partial charge in [-0.2, -0.15) is 0 Å². The van der Waals surface area contributed by atoms with Crippen LogP contribution < -0.4 is 5.32 Å². The Hall–Kier alpha value is -3.39. The maximum atomic E-state index is 12.6. The zero-order chi connectivity index (χ0) is 26.5. The Bertz CT molecular complexity index is 1010. The molecule has 1 fully saturated rings. The molecule has 1 aliphatic heterocycles. The number of piperidine rings is 1. The molecule has 2 aromatic carbocycles. The molecule has 8 nitrogen and oxygen atoms in total. The van der Waals surface area contributed by atoms with Gasteiger partial charge in [-0.25, -0.2) is 4.79 Å². The lowest BCUT2D eigenvalue weighted by Crippen LogP contribution is -2.42. The first-order chi connectivity index (χ1) is 18.0. The van der Waals surface area contributed by atoms with Crippen LogP contribution in [0.3, 0.4) is 0 Å².